The number of nitrogens with zero attached hydrogens (tertiary/aromatic N) is 2. The van der Waals surface area contributed by atoms with E-state index >= 15 is 0 Å². The minimum atomic E-state index is -0.672. The molecule has 0 rings (SSSR count). The molecule has 0 aliphatic carbocycles. The van der Waals surface area contributed by atoms with E-state index in [2.05, 4.69) is 24.8 Å². The van der Waals surface area contributed by atoms with Crippen molar-refractivity contribution < 1.29 is 14.3 Å². The SMILES string of the molecule is C=CC(=NN(C)C(C)=CC=C(C)C(=C)C=C(F)C(=C)CO)C(N)=O. The van der Waals surface area contributed by atoms with Crippen LogP contribution in [-0.4, -0.2) is 35.4 Å². The molecule has 130 valence electrons. The molecule has 0 fully saturated rings. The van der Waals surface area contributed by atoms with E-state index in [1.165, 1.54) is 17.2 Å². The van der Waals surface area contributed by atoms with Gasteiger partial charge in [0.15, 0.2) is 0 Å². The predicted molar refractivity (Wildman–Crippen MR) is 96.7 cm³/mol. The summed E-state index contributed by atoms with van der Waals surface area (Å²) < 4.78 is 13.6. The first kappa shape index (κ1) is 21.3. The van der Waals surface area contributed by atoms with Gasteiger partial charge in [-0.25, -0.2) is 4.39 Å². The van der Waals surface area contributed by atoms with Crippen molar-refractivity contribution in [3.8, 4) is 0 Å². The van der Waals surface area contributed by atoms with Crippen LogP contribution in [-0.2, 0) is 4.79 Å². The zero-order chi connectivity index (χ0) is 18.9. The number of hydrazone groups is 1. The summed E-state index contributed by atoms with van der Waals surface area (Å²) in [7, 11) is 1.65. The zero-order valence-corrected chi connectivity index (χ0v) is 14.3. The Labute approximate surface area is 142 Å². The maximum Gasteiger partial charge on any atom is 0.269 e. The van der Waals surface area contributed by atoms with Gasteiger partial charge in [-0.15, -0.1) is 0 Å². The number of aliphatic hydroxyl groups excluding tert-OH is 1. The molecule has 0 radical (unpaired) electrons. The van der Waals surface area contributed by atoms with Crippen LogP contribution in [0.3, 0.4) is 0 Å². The van der Waals surface area contributed by atoms with E-state index in [1.807, 2.05) is 0 Å². The van der Waals surface area contributed by atoms with E-state index in [9.17, 15) is 9.18 Å². The highest BCUT2D eigenvalue weighted by atomic mass is 19.1. The lowest BCUT2D eigenvalue weighted by Gasteiger charge is -2.14. The molecule has 5 nitrogen and oxygen atoms in total. The summed E-state index contributed by atoms with van der Waals surface area (Å²) >= 11 is 0. The zero-order valence-electron chi connectivity index (χ0n) is 14.3. The van der Waals surface area contributed by atoms with Gasteiger partial charge >= 0.3 is 0 Å². The van der Waals surface area contributed by atoms with Gasteiger partial charge in [0, 0.05) is 18.3 Å². The molecule has 0 aliphatic rings. The number of primary amides is 1. The van der Waals surface area contributed by atoms with Crippen molar-refractivity contribution in [3.63, 3.8) is 0 Å². The van der Waals surface area contributed by atoms with Crippen molar-refractivity contribution in [2.45, 2.75) is 13.8 Å². The van der Waals surface area contributed by atoms with E-state index < -0.39 is 18.3 Å². The number of carbonyl (C=O) groups excluding carboxylic acids is 1. The third-order valence-corrected chi connectivity index (χ3v) is 3.12. The lowest BCUT2D eigenvalue weighted by molar-refractivity contribution is -0.112. The van der Waals surface area contributed by atoms with Crippen LogP contribution >= 0.6 is 0 Å². The number of nitrogens with two attached hydrogens (primary N) is 1. The third kappa shape index (κ3) is 7.02. The maximum absolute atomic E-state index is 13.6. The van der Waals surface area contributed by atoms with Crippen molar-refractivity contribution >= 4 is 11.6 Å². The van der Waals surface area contributed by atoms with Gasteiger partial charge in [0.2, 0.25) is 0 Å². The van der Waals surface area contributed by atoms with E-state index in [1.54, 1.807) is 33.0 Å². The molecule has 6 heteroatoms. The van der Waals surface area contributed by atoms with Gasteiger partial charge in [-0.2, -0.15) is 5.10 Å². The van der Waals surface area contributed by atoms with Crippen LogP contribution in [0.2, 0.25) is 0 Å². The normalized spacial score (nSPS) is 13.5. The summed E-state index contributed by atoms with van der Waals surface area (Å²) in [4.78, 5) is 11.1. The number of halogens is 1. The first-order chi connectivity index (χ1) is 11.1. The highest BCUT2D eigenvalue weighted by Gasteiger charge is 2.05. The van der Waals surface area contributed by atoms with Gasteiger partial charge in [0.1, 0.15) is 11.5 Å². The number of hydrogen-bond donors (Lipinski definition) is 2. The topological polar surface area (TPSA) is 78.9 Å². The molecular weight excluding hydrogens is 309 g/mol. The second kappa shape index (κ2) is 10.1. The van der Waals surface area contributed by atoms with Crippen LogP contribution in [0.5, 0.6) is 0 Å². The summed E-state index contributed by atoms with van der Waals surface area (Å²) in [6, 6.07) is 0. The van der Waals surface area contributed by atoms with Crippen LogP contribution in [0.1, 0.15) is 13.8 Å². The minimum Gasteiger partial charge on any atom is -0.392 e. The lowest BCUT2D eigenvalue weighted by Crippen LogP contribution is -2.24. The van der Waals surface area contributed by atoms with Crippen LogP contribution in [0, 0.1) is 0 Å². The standard InChI is InChI=1S/C18H24FN3O2/c1-7-17(18(20)24)21-22(6)15(5)9-8-12(2)13(3)10-16(19)14(4)11-23/h7-10,23H,1,3-4,11H2,2,5-6H3,(H2,20,24). The van der Waals surface area contributed by atoms with Gasteiger partial charge < -0.3 is 10.8 Å². The number of allylic oxidation sites excluding steroid dienone is 6. The molecule has 0 spiro atoms. The molecule has 0 bridgehead atoms. The van der Waals surface area contributed by atoms with Crippen molar-refractivity contribution in [1.29, 1.82) is 0 Å². The fourth-order valence-corrected chi connectivity index (χ4v) is 1.34. The van der Waals surface area contributed by atoms with E-state index in [0.717, 1.165) is 0 Å². The maximum atomic E-state index is 13.6. The monoisotopic (exact) mass is 333 g/mol. The van der Waals surface area contributed by atoms with Gasteiger partial charge in [-0.05, 0) is 43.2 Å². The first-order valence-corrected chi connectivity index (χ1v) is 7.09. The first-order valence-electron chi connectivity index (χ1n) is 7.09. The van der Waals surface area contributed by atoms with Crippen LogP contribution in [0.15, 0.2) is 77.4 Å². The number of carbonyl (C=O) groups is 1. The second-order valence-electron chi connectivity index (χ2n) is 5.01. The van der Waals surface area contributed by atoms with Crippen LogP contribution in [0.25, 0.3) is 0 Å². The Morgan fingerprint density at radius 3 is 2.38 bits per heavy atom. The van der Waals surface area contributed by atoms with Crippen molar-refractivity contribution in [1.82, 2.24) is 5.01 Å². The number of aliphatic hydroxyl groups is 1. The largest absolute Gasteiger partial charge is 0.392 e. The Hall–Kier alpha value is -2.73. The molecule has 0 unspecified atom stereocenters. The Morgan fingerprint density at radius 2 is 1.92 bits per heavy atom. The van der Waals surface area contributed by atoms with E-state index in [-0.39, 0.29) is 11.3 Å². The van der Waals surface area contributed by atoms with E-state index in [0.29, 0.717) is 16.8 Å². The Balaban J connectivity index is 5.23. The second-order valence-corrected chi connectivity index (χ2v) is 5.01. The molecule has 0 saturated carbocycles. The molecular formula is C18H24FN3O2. The number of rotatable bonds is 9. The molecule has 0 aromatic heterocycles. The van der Waals surface area contributed by atoms with Crippen molar-refractivity contribution in [3.05, 3.63) is 72.3 Å². The van der Waals surface area contributed by atoms with Gasteiger partial charge in [0.25, 0.3) is 5.91 Å². The molecule has 1 amide bonds. The highest BCUT2D eigenvalue weighted by molar-refractivity contribution is 6.42. The lowest BCUT2D eigenvalue weighted by atomic mass is 10.1. The summed E-state index contributed by atoms with van der Waals surface area (Å²) in [6.45, 7) is 13.7. The molecule has 0 aliphatic heterocycles. The van der Waals surface area contributed by atoms with Crippen LogP contribution < -0.4 is 5.73 Å². The number of hydrogen-bond acceptors (Lipinski definition) is 4. The molecule has 0 aromatic rings. The molecule has 0 saturated heterocycles. The van der Waals surface area contributed by atoms with Crippen LogP contribution in [0.4, 0.5) is 4.39 Å². The fraction of sp³-hybridized carbons (Fsp3) is 0.222. The minimum absolute atomic E-state index is 0.00634. The quantitative estimate of drug-likeness (QED) is 0.387. The summed E-state index contributed by atoms with van der Waals surface area (Å²) in [6.07, 6.45) is 5.94. The molecule has 0 heterocycles. The van der Waals surface area contributed by atoms with Crippen molar-refractivity contribution in [2.75, 3.05) is 13.7 Å². The van der Waals surface area contributed by atoms with E-state index in [4.69, 9.17) is 10.8 Å². The van der Waals surface area contributed by atoms with Gasteiger partial charge in [-0.3, -0.25) is 9.80 Å². The molecule has 0 atom stereocenters. The average Bonchev–Trinajstić information content (AvgIpc) is 2.55. The Bertz CT molecular complexity index is 655. The Morgan fingerprint density at radius 1 is 1.33 bits per heavy atom. The molecule has 24 heavy (non-hydrogen) atoms. The summed E-state index contributed by atoms with van der Waals surface area (Å²) in [5.74, 6) is -1.29. The molecule has 3 N–H and O–H groups in total. The van der Waals surface area contributed by atoms with Crippen molar-refractivity contribution in [2.24, 2.45) is 10.8 Å². The van der Waals surface area contributed by atoms with Gasteiger partial charge in [0.05, 0.1) is 6.61 Å². The summed E-state index contributed by atoms with van der Waals surface area (Å²) in [5.41, 5.74) is 7.07. The van der Waals surface area contributed by atoms with Gasteiger partial charge in [-0.1, -0.05) is 25.8 Å². The predicted octanol–water partition coefficient (Wildman–Crippen LogP) is 2.75. The summed E-state index contributed by atoms with van der Waals surface area (Å²) in [5, 5.41) is 14.3. The third-order valence-electron chi connectivity index (χ3n) is 3.12. The average molecular weight is 333 g/mol. The highest BCUT2D eigenvalue weighted by Crippen LogP contribution is 2.16. The fourth-order valence-electron chi connectivity index (χ4n) is 1.34. The molecule has 0 aromatic carbocycles. The smallest absolute Gasteiger partial charge is 0.269 e. The number of amides is 1. The Kier molecular flexibility index (Phi) is 8.97.